The molecule has 1 unspecified atom stereocenters. The lowest BCUT2D eigenvalue weighted by molar-refractivity contribution is 0.469. The van der Waals surface area contributed by atoms with Gasteiger partial charge in [0.05, 0.1) is 17.6 Å². The Balaban J connectivity index is 2.09. The largest absolute Gasteiger partial charge is 0.452 e. The molecule has 1 atom stereocenters. The van der Waals surface area contributed by atoms with Crippen molar-refractivity contribution >= 4 is 0 Å². The molecule has 0 aliphatic heterocycles. The molecule has 0 aromatic carbocycles. The van der Waals surface area contributed by atoms with Crippen molar-refractivity contribution in [2.75, 3.05) is 6.54 Å². The monoisotopic (exact) mass is 288 g/mol. The second kappa shape index (κ2) is 6.72. The van der Waals surface area contributed by atoms with Gasteiger partial charge in [0.25, 0.3) is 0 Å². The van der Waals surface area contributed by atoms with E-state index in [-0.39, 0.29) is 6.04 Å². The third-order valence-electron chi connectivity index (χ3n) is 3.57. The van der Waals surface area contributed by atoms with Crippen molar-refractivity contribution in [2.45, 2.75) is 40.2 Å². The van der Waals surface area contributed by atoms with Crippen LogP contribution in [0, 0.1) is 13.8 Å². The van der Waals surface area contributed by atoms with E-state index < -0.39 is 0 Å². The van der Waals surface area contributed by atoms with Gasteiger partial charge in [0, 0.05) is 13.1 Å². The highest BCUT2D eigenvalue weighted by Crippen LogP contribution is 2.27. The summed E-state index contributed by atoms with van der Waals surface area (Å²) in [5.41, 5.74) is 2.92. The fraction of sp³-hybridized carbons (Fsp3) is 0.500. The summed E-state index contributed by atoms with van der Waals surface area (Å²) in [5, 5.41) is 7.77. The zero-order chi connectivity index (χ0) is 15.4. The number of ether oxygens (including phenoxy) is 1. The first kappa shape index (κ1) is 15.5. The van der Waals surface area contributed by atoms with Gasteiger partial charge in [-0.2, -0.15) is 5.10 Å². The molecule has 1 N–H and O–H groups in total. The molecule has 0 saturated heterocycles. The first-order valence-corrected chi connectivity index (χ1v) is 7.40. The Hall–Kier alpha value is -1.88. The molecule has 2 heterocycles. The van der Waals surface area contributed by atoms with Gasteiger partial charge in [-0.15, -0.1) is 0 Å². The van der Waals surface area contributed by atoms with Crippen LogP contribution in [0.1, 0.15) is 43.4 Å². The highest BCUT2D eigenvalue weighted by molar-refractivity contribution is 5.36. The minimum atomic E-state index is 0.251. The molecule has 5 heteroatoms. The topological polar surface area (TPSA) is 52.0 Å². The van der Waals surface area contributed by atoms with E-state index >= 15 is 0 Å². The molecule has 0 aliphatic rings. The third kappa shape index (κ3) is 3.61. The number of rotatable bonds is 6. The van der Waals surface area contributed by atoms with E-state index in [0.717, 1.165) is 41.5 Å². The molecular weight excluding hydrogens is 264 g/mol. The van der Waals surface area contributed by atoms with Crippen LogP contribution in [-0.4, -0.2) is 21.3 Å². The van der Waals surface area contributed by atoms with Crippen molar-refractivity contribution in [3.8, 4) is 11.5 Å². The van der Waals surface area contributed by atoms with Crippen LogP contribution in [0.5, 0.6) is 11.5 Å². The van der Waals surface area contributed by atoms with Gasteiger partial charge in [0.2, 0.25) is 0 Å². The summed E-state index contributed by atoms with van der Waals surface area (Å²) < 4.78 is 7.73. The maximum absolute atomic E-state index is 5.91. The normalized spacial score (nSPS) is 12.4. The fourth-order valence-electron chi connectivity index (χ4n) is 2.19. The lowest BCUT2D eigenvalue weighted by Gasteiger charge is -2.13. The van der Waals surface area contributed by atoms with Gasteiger partial charge in [0.1, 0.15) is 11.4 Å². The van der Waals surface area contributed by atoms with Gasteiger partial charge >= 0.3 is 0 Å². The van der Waals surface area contributed by atoms with Crippen LogP contribution >= 0.6 is 0 Å². The van der Waals surface area contributed by atoms with Gasteiger partial charge in [-0.25, -0.2) is 0 Å². The van der Waals surface area contributed by atoms with Crippen LogP contribution in [-0.2, 0) is 7.05 Å². The van der Waals surface area contributed by atoms with Crippen molar-refractivity contribution in [1.29, 1.82) is 0 Å². The summed E-state index contributed by atoms with van der Waals surface area (Å²) in [6, 6.07) is 4.21. The SMILES string of the molecule is CCCNC(C)c1ccc(Oc2c(C)nn(C)c2C)cn1. The molecule has 21 heavy (non-hydrogen) atoms. The molecule has 0 aliphatic carbocycles. The van der Waals surface area contributed by atoms with E-state index in [1.165, 1.54) is 0 Å². The van der Waals surface area contributed by atoms with Gasteiger partial charge < -0.3 is 10.1 Å². The summed E-state index contributed by atoms with van der Waals surface area (Å²) in [6.45, 7) is 9.21. The number of aromatic nitrogens is 3. The van der Waals surface area contributed by atoms with Crippen molar-refractivity contribution in [2.24, 2.45) is 7.05 Å². The van der Waals surface area contributed by atoms with Crippen LogP contribution in [0.2, 0.25) is 0 Å². The molecule has 5 nitrogen and oxygen atoms in total. The molecular formula is C16H24N4O. The van der Waals surface area contributed by atoms with Crippen LogP contribution in [0.3, 0.4) is 0 Å². The van der Waals surface area contributed by atoms with E-state index in [4.69, 9.17) is 4.74 Å². The van der Waals surface area contributed by atoms with Gasteiger partial charge in [-0.1, -0.05) is 6.92 Å². The zero-order valence-corrected chi connectivity index (χ0v) is 13.5. The Bertz CT molecular complexity index is 589. The van der Waals surface area contributed by atoms with E-state index in [1.54, 1.807) is 6.20 Å². The van der Waals surface area contributed by atoms with Crippen LogP contribution in [0.4, 0.5) is 0 Å². The van der Waals surface area contributed by atoms with Crippen molar-refractivity contribution in [3.63, 3.8) is 0 Å². The van der Waals surface area contributed by atoms with Crippen LogP contribution < -0.4 is 10.1 Å². The van der Waals surface area contributed by atoms with Gasteiger partial charge in [0.15, 0.2) is 5.75 Å². The Morgan fingerprint density at radius 1 is 1.33 bits per heavy atom. The number of nitrogens with one attached hydrogen (secondary N) is 1. The molecule has 0 radical (unpaired) electrons. The summed E-state index contributed by atoms with van der Waals surface area (Å²) in [4.78, 5) is 4.48. The fourth-order valence-corrected chi connectivity index (χ4v) is 2.19. The zero-order valence-electron chi connectivity index (χ0n) is 13.5. The number of pyridine rings is 1. The van der Waals surface area contributed by atoms with Crippen molar-refractivity contribution in [3.05, 3.63) is 35.4 Å². The third-order valence-corrected chi connectivity index (χ3v) is 3.57. The van der Waals surface area contributed by atoms with Crippen molar-refractivity contribution < 1.29 is 4.74 Å². The van der Waals surface area contributed by atoms with Gasteiger partial charge in [-0.05, 0) is 45.9 Å². The Kier molecular flexibility index (Phi) is 4.96. The predicted octanol–water partition coefficient (Wildman–Crippen LogP) is 3.28. The molecule has 114 valence electrons. The Morgan fingerprint density at radius 3 is 2.62 bits per heavy atom. The minimum Gasteiger partial charge on any atom is -0.452 e. The molecule has 0 bridgehead atoms. The average Bonchev–Trinajstić information content (AvgIpc) is 2.72. The molecule has 2 aromatic heterocycles. The lowest BCUT2D eigenvalue weighted by Crippen LogP contribution is -2.20. The van der Waals surface area contributed by atoms with E-state index in [0.29, 0.717) is 0 Å². The summed E-state index contributed by atoms with van der Waals surface area (Å²) in [7, 11) is 1.91. The highest BCUT2D eigenvalue weighted by Gasteiger charge is 2.12. The van der Waals surface area contributed by atoms with E-state index in [2.05, 4.69) is 29.2 Å². The van der Waals surface area contributed by atoms with E-state index in [1.807, 2.05) is 37.7 Å². The maximum Gasteiger partial charge on any atom is 0.171 e. The second-order valence-electron chi connectivity index (χ2n) is 5.32. The smallest absolute Gasteiger partial charge is 0.171 e. The average molecular weight is 288 g/mol. The number of hydrogen-bond acceptors (Lipinski definition) is 4. The number of nitrogens with zero attached hydrogens (tertiary/aromatic N) is 3. The molecule has 0 amide bonds. The minimum absolute atomic E-state index is 0.251. The Labute approximate surface area is 126 Å². The van der Waals surface area contributed by atoms with Crippen LogP contribution in [0.25, 0.3) is 0 Å². The molecule has 0 spiro atoms. The quantitative estimate of drug-likeness (QED) is 0.886. The maximum atomic E-state index is 5.91. The number of hydrogen-bond donors (Lipinski definition) is 1. The molecule has 0 fully saturated rings. The van der Waals surface area contributed by atoms with E-state index in [9.17, 15) is 0 Å². The van der Waals surface area contributed by atoms with Gasteiger partial charge in [-0.3, -0.25) is 9.67 Å². The van der Waals surface area contributed by atoms with Crippen LogP contribution in [0.15, 0.2) is 18.3 Å². The summed E-state index contributed by atoms with van der Waals surface area (Å²) in [6.07, 6.45) is 2.89. The predicted molar refractivity (Wildman–Crippen MR) is 83.7 cm³/mol. The first-order chi connectivity index (χ1) is 10.0. The summed E-state index contributed by atoms with van der Waals surface area (Å²) in [5.74, 6) is 1.55. The Morgan fingerprint density at radius 2 is 2.10 bits per heavy atom. The molecule has 2 rings (SSSR count). The number of aryl methyl sites for hydroxylation is 2. The first-order valence-electron chi connectivity index (χ1n) is 7.40. The standard InChI is InChI=1S/C16H24N4O/c1-6-9-17-11(2)15-8-7-14(10-18-15)21-16-12(3)19-20(5)13(16)4/h7-8,10-11,17H,6,9H2,1-5H3. The van der Waals surface area contributed by atoms with Crippen molar-refractivity contribution in [1.82, 2.24) is 20.1 Å². The lowest BCUT2D eigenvalue weighted by atomic mass is 10.2. The highest BCUT2D eigenvalue weighted by atomic mass is 16.5. The second-order valence-corrected chi connectivity index (χ2v) is 5.32. The summed E-state index contributed by atoms with van der Waals surface area (Å²) >= 11 is 0. The molecule has 2 aromatic rings. The molecule has 0 saturated carbocycles.